The van der Waals surface area contributed by atoms with Crippen molar-refractivity contribution in [3.05, 3.63) is 40.5 Å². The number of halogens is 2. The van der Waals surface area contributed by atoms with Crippen molar-refractivity contribution in [2.24, 2.45) is 0 Å². The highest BCUT2D eigenvalue weighted by molar-refractivity contribution is 9.08. The van der Waals surface area contributed by atoms with E-state index >= 15 is 0 Å². The summed E-state index contributed by atoms with van der Waals surface area (Å²) in [5.74, 6) is 0. The van der Waals surface area contributed by atoms with Gasteiger partial charge in [-0.2, -0.15) is 0 Å². The molecule has 72 valence electrons. The van der Waals surface area contributed by atoms with E-state index in [1.807, 2.05) is 31.2 Å². The highest BCUT2D eigenvalue weighted by Gasteiger charge is 2.08. The number of benzene rings is 1. The summed E-state index contributed by atoms with van der Waals surface area (Å²) >= 11 is 9.70. The first kappa shape index (κ1) is 9.94. The Morgan fingerprint density at radius 2 is 2.07 bits per heavy atom. The summed E-state index contributed by atoms with van der Waals surface area (Å²) in [7, 11) is 0. The lowest BCUT2D eigenvalue weighted by atomic mass is 10.1. The monoisotopic (exact) mass is 269 g/mol. The normalized spacial score (nSPS) is 10.8. The second-order valence-corrected chi connectivity index (χ2v) is 4.08. The summed E-state index contributed by atoms with van der Waals surface area (Å²) in [6.07, 6.45) is 0. The van der Waals surface area contributed by atoms with Crippen molar-refractivity contribution in [2.75, 3.05) is 0 Å². The van der Waals surface area contributed by atoms with Gasteiger partial charge in [-0.15, -0.1) is 0 Å². The molecule has 0 atom stereocenters. The third-order valence-electron chi connectivity index (χ3n) is 2.26. The molecule has 1 nitrogen and oxygen atoms in total. The van der Waals surface area contributed by atoms with Crippen LogP contribution in [0, 0.1) is 6.92 Å². The van der Waals surface area contributed by atoms with Gasteiger partial charge in [0.05, 0.1) is 10.5 Å². The van der Waals surface area contributed by atoms with Crippen LogP contribution in [0.1, 0.15) is 11.3 Å². The van der Waals surface area contributed by atoms with Gasteiger partial charge in [0.25, 0.3) is 0 Å². The Bertz CT molecular complexity index is 482. The number of pyridine rings is 1. The summed E-state index contributed by atoms with van der Waals surface area (Å²) in [5.41, 5.74) is 3.02. The zero-order chi connectivity index (χ0) is 10.1. The summed E-state index contributed by atoms with van der Waals surface area (Å²) in [5, 5.41) is 2.58. The maximum Gasteiger partial charge on any atom is 0.0720 e. The fourth-order valence-corrected chi connectivity index (χ4v) is 2.69. The Hall–Kier alpha value is -0.600. The first-order chi connectivity index (χ1) is 6.74. The Morgan fingerprint density at radius 3 is 2.79 bits per heavy atom. The van der Waals surface area contributed by atoms with E-state index in [0.29, 0.717) is 0 Å². The van der Waals surface area contributed by atoms with Crippen molar-refractivity contribution in [3.63, 3.8) is 0 Å². The quantitative estimate of drug-likeness (QED) is 0.711. The van der Waals surface area contributed by atoms with Crippen LogP contribution in [-0.4, -0.2) is 4.98 Å². The Balaban J connectivity index is 2.86. The van der Waals surface area contributed by atoms with E-state index in [9.17, 15) is 0 Å². The van der Waals surface area contributed by atoms with Crippen LogP contribution in [0.3, 0.4) is 0 Å². The molecule has 3 heteroatoms. The van der Waals surface area contributed by atoms with Gasteiger partial charge < -0.3 is 0 Å². The van der Waals surface area contributed by atoms with Gasteiger partial charge in [-0.05, 0) is 13.0 Å². The number of aryl methyl sites for hydroxylation is 1. The van der Waals surface area contributed by atoms with Gasteiger partial charge in [0.2, 0.25) is 0 Å². The van der Waals surface area contributed by atoms with Gasteiger partial charge in [0.1, 0.15) is 0 Å². The SMILES string of the molecule is Cc1nc2ccccc2c(Cl)c1CBr. The van der Waals surface area contributed by atoms with Crippen LogP contribution in [-0.2, 0) is 5.33 Å². The molecule has 0 N–H and O–H groups in total. The Labute approximate surface area is 96.2 Å². The average Bonchev–Trinajstić information content (AvgIpc) is 2.18. The molecule has 0 saturated carbocycles. The van der Waals surface area contributed by atoms with Crippen LogP contribution in [0.4, 0.5) is 0 Å². The average molecular weight is 271 g/mol. The Kier molecular flexibility index (Phi) is 2.75. The predicted molar refractivity (Wildman–Crippen MR) is 64.1 cm³/mol. The van der Waals surface area contributed by atoms with Crippen molar-refractivity contribution in [2.45, 2.75) is 12.3 Å². The summed E-state index contributed by atoms with van der Waals surface area (Å²) in [6, 6.07) is 7.92. The topological polar surface area (TPSA) is 12.9 Å². The first-order valence-corrected chi connectivity index (χ1v) is 5.83. The maximum atomic E-state index is 6.28. The standard InChI is InChI=1S/C11H9BrClN/c1-7-9(6-12)11(13)8-4-2-3-5-10(8)14-7/h2-5H,6H2,1H3. The number of hydrogen-bond donors (Lipinski definition) is 0. The van der Waals surface area contributed by atoms with Crippen molar-refractivity contribution in [1.82, 2.24) is 4.98 Å². The molecule has 2 aromatic rings. The molecule has 1 aromatic carbocycles. The van der Waals surface area contributed by atoms with Crippen LogP contribution in [0.25, 0.3) is 10.9 Å². The lowest BCUT2D eigenvalue weighted by Gasteiger charge is -2.07. The van der Waals surface area contributed by atoms with Gasteiger partial charge in [-0.25, -0.2) is 0 Å². The van der Waals surface area contributed by atoms with Crippen LogP contribution >= 0.6 is 27.5 Å². The van der Waals surface area contributed by atoms with Gasteiger partial charge in [0, 0.05) is 22.0 Å². The fraction of sp³-hybridized carbons (Fsp3) is 0.182. The summed E-state index contributed by atoms with van der Waals surface area (Å²) in [6.45, 7) is 1.98. The van der Waals surface area contributed by atoms with E-state index in [1.54, 1.807) is 0 Å². The van der Waals surface area contributed by atoms with Crippen LogP contribution in [0.15, 0.2) is 24.3 Å². The van der Waals surface area contributed by atoms with E-state index in [4.69, 9.17) is 11.6 Å². The molecule has 1 aromatic heterocycles. The molecule has 0 aliphatic heterocycles. The zero-order valence-corrected chi connectivity index (χ0v) is 10.1. The molecular weight excluding hydrogens is 261 g/mol. The number of fused-ring (bicyclic) bond motifs is 1. The number of aromatic nitrogens is 1. The third kappa shape index (κ3) is 1.53. The minimum atomic E-state index is 0.746. The smallest absolute Gasteiger partial charge is 0.0720 e. The largest absolute Gasteiger partial charge is 0.253 e. The van der Waals surface area contributed by atoms with Crippen LogP contribution in [0.5, 0.6) is 0 Å². The number of rotatable bonds is 1. The Morgan fingerprint density at radius 1 is 1.36 bits per heavy atom. The van der Waals surface area contributed by atoms with E-state index < -0.39 is 0 Å². The summed E-state index contributed by atoms with van der Waals surface area (Å²) in [4.78, 5) is 4.49. The molecule has 0 saturated heterocycles. The van der Waals surface area contributed by atoms with Crippen molar-refractivity contribution in [3.8, 4) is 0 Å². The lowest BCUT2D eigenvalue weighted by molar-refractivity contribution is 1.19. The molecule has 0 fully saturated rings. The highest BCUT2D eigenvalue weighted by atomic mass is 79.9. The molecule has 0 amide bonds. The molecule has 0 aliphatic carbocycles. The zero-order valence-electron chi connectivity index (χ0n) is 7.72. The van der Waals surface area contributed by atoms with E-state index in [2.05, 4.69) is 20.9 Å². The second kappa shape index (κ2) is 3.87. The van der Waals surface area contributed by atoms with E-state index in [0.717, 1.165) is 32.5 Å². The van der Waals surface area contributed by atoms with Gasteiger partial charge in [-0.1, -0.05) is 45.7 Å². The van der Waals surface area contributed by atoms with Gasteiger partial charge in [-0.3, -0.25) is 4.98 Å². The third-order valence-corrected chi connectivity index (χ3v) is 3.26. The van der Waals surface area contributed by atoms with Gasteiger partial charge in [0.15, 0.2) is 0 Å². The molecule has 0 radical (unpaired) electrons. The molecule has 0 unspecified atom stereocenters. The summed E-state index contributed by atoms with van der Waals surface area (Å²) < 4.78 is 0. The number of para-hydroxylation sites is 1. The first-order valence-electron chi connectivity index (χ1n) is 4.33. The van der Waals surface area contributed by atoms with Crippen molar-refractivity contribution >= 4 is 38.4 Å². The molecule has 2 rings (SSSR count). The maximum absolute atomic E-state index is 6.28. The second-order valence-electron chi connectivity index (χ2n) is 3.14. The van der Waals surface area contributed by atoms with Crippen molar-refractivity contribution in [1.29, 1.82) is 0 Å². The molecule has 0 aliphatic rings. The fourth-order valence-electron chi connectivity index (χ4n) is 1.48. The predicted octanol–water partition coefficient (Wildman–Crippen LogP) is 4.09. The van der Waals surface area contributed by atoms with Gasteiger partial charge >= 0.3 is 0 Å². The van der Waals surface area contributed by atoms with E-state index in [-0.39, 0.29) is 0 Å². The minimum absolute atomic E-state index is 0.746. The number of alkyl halides is 1. The van der Waals surface area contributed by atoms with Crippen LogP contribution < -0.4 is 0 Å². The minimum Gasteiger partial charge on any atom is -0.253 e. The van der Waals surface area contributed by atoms with Crippen molar-refractivity contribution < 1.29 is 0 Å². The molecule has 0 bridgehead atoms. The van der Waals surface area contributed by atoms with E-state index in [1.165, 1.54) is 0 Å². The molecule has 14 heavy (non-hydrogen) atoms. The lowest BCUT2D eigenvalue weighted by Crippen LogP contribution is -1.92. The number of hydrogen-bond acceptors (Lipinski definition) is 1. The van der Waals surface area contributed by atoms with Crippen LogP contribution in [0.2, 0.25) is 5.02 Å². The molecule has 1 heterocycles. The number of nitrogens with zero attached hydrogens (tertiary/aromatic N) is 1. The highest BCUT2D eigenvalue weighted by Crippen LogP contribution is 2.29. The molecule has 0 spiro atoms. The molecular formula is C11H9BrClN.